The van der Waals surface area contributed by atoms with Crippen molar-refractivity contribution in [1.29, 1.82) is 0 Å². The minimum atomic E-state index is -0.477. The predicted molar refractivity (Wildman–Crippen MR) is 115 cm³/mol. The molecule has 4 rings (SSSR count). The van der Waals surface area contributed by atoms with Crippen LogP contribution in [0.5, 0.6) is 11.5 Å². The first-order valence-electron chi connectivity index (χ1n) is 9.18. The van der Waals surface area contributed by atoms with Gasteiger partial charge in [0.25, 0.3) is 0 Å². The zero-order valence-corrected chi connectivity index (χ0v) is 17.7. The van der Waals surface area contributed by atoms with Crippen LogP contribution >= 0.6 is 23.2 Å². The van der Waals surface area contributed by atoms with Gasteiger partial charge in [0.15, 0.2) is 0 Å². The molecule has 0 amide bonds. The molecular formula is C21H20Cl2FN3O3. The largest absolute Gasteiger partial charge is 0.457 e. The van der Waals surface area contributed by atoms with Gasteiger partial charge < -0.3 is 14.7 Å². The SMILES string of the molecule is CN1CCCn2c1cc(Cl)nc2=O.OCc1ccc(Oc2ccc(F)c(Cl)c2)cc1. The van der Waals surface area contributed by atoms with Crippen molar-refractivity contribution < 1.29 is 14.2 Å². The molecule has 6 nitrogen and oxygen atoms in total. The molecule has 0 atom stereocenters. The first kappa shape index (κ1) is 22.1. The number of hydrogen-bond donors (Lipinski definition) is 1. The summed E-state index contributed by atoms with van der Waals surface area (Å²) in [4.78, 5) is 17.1. The number of aromatic nitrogens is 2. The Bertz CT molecular complexity index is 1070. The van der Waals surface area contributed by atoms with E-state index in [-0.39, 0.29) is 22.5 Å². The van der Waals surface area contributed by atoms with Crippen molar-refractivity contribution in [2.24, 2.45) is 0 Å². The second-order valence-electron chi connectivity index (χ2n) is 6.63. The quantitative estimate of drug-likeness (QED) is 0.593. The minimum absolute atomic E-state index is 0.0113. The summed E-state index contributed by atoms with van der Waals surface area (Å²) in [5, 5.41) is 9.18. The number of fused-ring (bicyclic) bond motifs is 1. The fourth-order valence-electron chi connectivity index (χ4n) is 2.91. The summed E-state index contributed by atoms with van der Waals surface area (Å²) in [7, 11) is 1.95. The van der Waals surface area contributed by atoms with Gasteiger partial charge in [-0.15, -0.1) is 0 Å². The van der Waals surface area contributed by atoms with Crippen LogP contribution in [0.15, 0.2) is 53.3 Å². The van der Waals surface area contributed by atoms with Crippen LogP contribution in [0.3, 0.4) is 0 Å². The molecule has 2 aromatic carbocycles. The highest BCUT2D eigenvalue weighted by molar-refractivity contribution is 6.30. The van der Waals surface area contributed by atoms with E-state index in [1.165, 1.54) is 18.2 Å². The van der Waals surface area contributed by atoms with Crippen molar-refractivity contribution in [3.8, 4) is 11.5 Å². The Balaban J connectivity index is 0.000000177. The molecule has 2 heterocycles. The monoisotopic (exact) mass is 451 g/mol. The van der Waals surface area contributed by atoms with E-state index >= 15 is 0 Å². The molecule has 1 aliphatic heterocycles. The van der Waals surface area contributed by atoms with Crippen molar-refractivity contribution in [2.75, 3.05) is 18.5 Å². The number of halogens is 3. The van der Waals surface area contributed by atoms with Gasteiger partial charge in [-0.05, 0) is 36.2 Å². The van der Waals surface area contributed by atoms with Gasteiger partial charge in [-0.1, -0.05) is 35.3 Å². The predicted octanol–water partition coefficient (Wildman–Crippen LogP) is 4.50. The normalized spacial score (nSPS) is 12.6. The summed E-state index contributed by atoms with van der Waals surface area (Å²) in [6.07, 6.45) is 0.979. The number of rotatable bonds is 3. The number of aliphatic hydroxyl groups excluding tert-OH is 1. The topological polar surface area (TPSA) is 67.6 Å². The smallest absolute Gasteiger partial charge is 0.350 e. The minimum Gasteiger partial charge on any atom is -0.457 e. The number of anilines is 1. The van der Waals surface area contributed by atoms with E-state index < -0.39 is 5.82 Å². The summed E-state index contributed by atoms with van der Waals surface area (Å²) in [6, 6.07) is 12.8. The van der Waals surface area contributed by atoms with E-state index in [0.29, 0.717) is 11.5 Å². The lowest BCUT2D eigenvalue weighted by Gasteiger charge is -2.27. The van der Waals surface area contributed by atoms with E-state index in [2.05, 4.69) is 4.98 Å². The first-order chi connectivity index (χ1) is 14.4. The standard InChI is InChI=1S/C13H10ClFO2.C8H10ClN3O/c14-12-7-11(5-6-13(12)15)17-10-3-1-9(8-16)2-4-10;1-11-3-2-4-12-7(11)5-6(9)10-8(12)13/h1-7,16H,8H2;5H,2-4H2,1H3. The van der Waals surface area contributed by atoms with E-state index in [4.69, 9.17) is 33.0 Å². The Morgan fingerprint density at radius 3 is 2.47 bits per heavy atom. The molecule has 1 aliphatic rings. The molecule has 0 bridgehead atoms. The van der Waals surface area contributed by atoms with E-state index in [9.17, 15) is 9.18 Å². The molecular weight excluding hydrogens is 432 g/mol. The van der Waals surface area contributed by atoms with E-state index in [1.54, 1.807) is 34.9 Å². The summed E-state index contributed by atoms with van der Waals surface area (Å²) in [6.45, 7) is 1.69. The Kier molecular flexibility index (Phi) is 7.31. The molecule has 0 saturated carbocycles. The van der Waals surface area contributed by atoms with E-state index in [1.807, 2.05) is 11.9 Å². The molecule has 30 heavy (non-hydrogen) atoms. The third-order valence-electron chi connectivity index (χ3n) is 4.46. The maximum atomic E-state index is 12.9. The van der Waals surface area contributed by atoms with Crippen LogP contribution in [0.25, 0.3) is 0 Å². The third kappa shape index (κ3) is 5.50. The summed E-state index contributed by atoms with van der Waals surface area (Å²) in [5.41, 5.74) is 0.545. The van der Waals surface area contributed by atoms with Crippen LogP contribution in [0, 0.1) is 5.82 Å². The average molecular weight is 452 g/mol. The number of hydrogen-bond acceptors (Lipinski definition) is 5. The number of ether oxygens (including phenoxy) is 1. The highest BCUT2D eigenvalue weighted by Gasteiger charge is 2.15. The van der Waals surface area contributed by atoms with Crippen molar-refractivity contribution in [2.45, 2.75) is 19.6 Å². The lowest BCUT2D eigenvalue weighted by molar-refractivity contribution is 0.281. The van der Waals surface area contributed by atoms with Gasteiger partial charge in [0, 0.05) is 32.3 Å². The molecule has 1 aromatic heterocycles. The van der Waals surface area contributed by atoms with Crippen molar-refractivity contribution in [3.05, 3.63) is 80.6 Å². The van der Waals surface area contributed by atoms with Gasteiger partial charge in [-0.25, -0.2) is 9.18 Å². The number of benzene rings is 2. The molecule has 3 aromatic rings. The van der Waals surface area contributed by atoms with Crippen LogP contribution in [0.1, 0.15) is 12.0 Å². The van der Waals surface area contributed by atoms with Gasteiger partial charge in [0.05, 0.1) is 11.6 Å². The van der Waals surface area contributed by atoms with Crippen LogP contribution < -0.4 is 15.3 Å². The first-order valence-corrected chi connectivity index (χ1v) is 9.94. The fraction of sp³-hybridized carbons (Fsp3) is 0.238. The fourth-order valence-corrected chi connectivity index (χ4v) is 3.25. The second-order valence-corrected chi connectivity index (χ2v) is 7.42. The molecule has 0 aliphatic carbocycles. The molecule has 0 spiro atoms. The summed E-state index contributed by atoms with van der Waals surface area (Å²) >= 11 is 11.3. The highest BCUT2D eigenvalue weighted by Crippen LogP contribution is 2.26. The maximum absolute atomic E-state index is 12.9. The van der Waals surface area contributed by atoms with Crippen LogP contribution in [0.4, 0.5) is 10.2 Å². The molecule has 0 saturated heterocycles. The highest BCUT2D eigenvalue weighted by atomic mass is 35.5. The Morgan fingerprint density at radius 1 is 1.10 bits per heavy atom. The molecule has 0 fully saturated rings. The number of nitrogens with zero attached hydrogens (tertiary/aromatic N) is 3. The van der Waals surface area contributed by atoms with E-state index in [0.717, 1.165) is 30.9 Å². The molecule has 9 heteroatoms. The van der Waals surface area contributed by atoms with Gasteiger partial charge in [-0.2, -0.15) is 4.98 Å². The molecule has 158 valence electrons. The van der Waals surface area contributed by atoms with Gasteiger partial charge in [-0.3, -0.25) is 4.57 Å². The maximum Gasteiger partial charge on any atom is 0.350 e. The lowest BCUT2D eigenvalue weighted by Crippen LogP contribution is -2.36. The third-order valence-corrected chi connectivity index (χ3v) is 4.94. The van der Waals surface area contributed by atoms with Crippen LogP contribution in [-0.2, 0) is 13.2 Å². The van der Waals surface area contributed by atoms with Crippen molar-refractivity contribution in [3.63, 3.8) is 0 Å². The van der Waals surface area contributed by atoms with Crippen LogP contribution in [-0.4, -0.2) is 28.3 Å². The zero-order valence-electron chi connectivity index (χ0n) is 16.2. The Hall–Kier alpha value is -2.61. The van der Waals surface area contributed by atoms with Crippen LogP contribution in [0.2, 0.25) is 10.2 Å². The van der Waals surface area contributed by atoms with Crippen molar-refractivity contribution in [1.82, 2.24) is 9.55 Å². The molecule has 1 N–H and O–H groups in total. The Morgan fingerprint density at radius 2 is 1.80 bits per heavy atom. The average Bonchev–Trinajstić information content (AvgIpc) is 2.73. The molecule has 0 unspecified atom stereocenters. The summed E-state index contributed by atoms with van der Waals surface area (Å²) in [5.74, 6) is 1.45. The van der Waals surface area contributed by atoms with Crippen molar-refractivity contribution >= 4 is 29.0 Å². The second kappa shape index (κ2) is 9.93. The number of aliphatic hydroxyl groups is 1. The zero-order chi connectivity index (χ0) is 21.7. The van der Waals surface area contributed by atoms with Gasteiger partial charge in [0.2, 0.25) is 0 Å². The Labute approximate surface area is 183 Å². The lowest BCUT2D eigenvalue weighted by atomic mass is 10.2. The molecule has 0 radical (unpaired) electrons. The summed E-state index contributed by atoms with van der Waals surface area (Å²) < 4.78 is 20.1. The van der Waals surface area contributed by atoms with Gasteiger partial charge >= 0.3 is 5.69 Å². The van der Waals surface area contributed by atoms with Gasteiger partial charge in [0.1, 0.15) is 28.3 Å².